The van der Waals surface area contributed by atoms with Crippen molar-refractivity contribution < 1.29 is 9.53 Å². The number of rotatable bonds is 2. The summed E-state index contributed by atoms with van der Waals surface area (Å²) in [5, 5.41) is 3.06. The number of carbonyl (C=O) groups is 1. The molecule has 0 fully saturated rings. The summed E-state index contributed by atoms with van der Waals surface area (Å²) in [6.07, 6.45) is 1.10. The van der Waals surface area contributed by atoms with Gasteiger partial charge in [0.2, 0.25) is 0 Å². The molecule has 0 aliphatic rings. The van der Waals surface area contributed by atoms with Crippen molar-refractivity contribution in [2.75, 3.05) is 7.11 Å². The lowest BCUT2D eigenvalue weighted by Crippen LogP contribution is -2.00. The monoisotopic (exact) mass is 141 g/mol. The Morgan fingerprint density at radius 3 is 2.80 bits per heavy atom. The standard InChI is InChI=1S/C5H7N3O2/c1-4(3-7-8-6)5(9)10-2/h3H,1-2H3/b4-3+. The van der Waals surface area contributed by atoms with Gasteiger partial charge >= 0.3 is 5.97 Å². The number of carbonyl (C=O) groups excluding carboxylic acids is 1. The molecule has 10 heavy (non-hydrogen) atoms. The van der Waals surface area contributed by atoms with E-state index in [1.54, 1.807) is 0 Å². The third-order valence-corrected chi connectivity index (χ3v) is 0.810. The number of methoxy groups -OCH3 is 1. The molecule has 0 saturated carbocycles. The molecule has 0 unspecified atom stereocenters. The molecule has 0 aromatic carbocycles. The van der Waals surface area contributed by atoms with E-state index >= 15 is 0 Å². The molecule has 0 aromatic rings. The minimum atomic E-state index is -0.493. The maximum atomic E-state index is 10.5. The van der Waals surface area contributed by atoms with Crippen molar-refractivity contribution in [2.45, 2.75) is 6.92 Å². The first-order valence-corrected chi connectivity index (χ1v) is 2.51. The van der Waals surface area contributed by atoms with Crippen LogP contribution in [0.3, 0.4) is 0 Å². The quantitative estimate of drug-likeness (QED) is 0.191. The van der Waals surface area contributed by atoms with Gasteiger partial charge in [-0.05, 0) is 12.5 Å². The molecular formula is C5H7N3O2. The van der Waals surface area contributed by atoms with Gasteiger partial charge < -0.3 is 4.74 Å². The van der Waals surface area contributed by atoms with Crippen molar-refractivity contribution in [3.05, 3.63) is 22.2 Å². The molecule has 0 saturated heterocycles. The Balaban J connectivity index is 4.18. The molecule has 0 bridgehead atoms. The van der Waals surface area contributed by atoms with Crippen LogP contribution < -0.4 is 0 Å². The second-order valence-electron chi connectivity index (χ2n) is 1.51. The summed E-state index contributed by atoms with van der Waals surface area (Å²) in [6.45, 7) is 1.50. The van der Waals surface area contributed by atoms with Crippen molar-refractivity contribution in [3.63, 3.8) is 0 Å². The molecule has 0 radical (unpaired) electrons. The molecular weight excluding hydrogens is 134 g/mol. The van der Waals surface area contributed by atoms with Gasteiger partial charge in [-0.3, -0.25) is 0 Å². The van der Waals surface area contributed by atoms with Crippen LogP contribution in [0, 0.1) is 0 Å². The van der Waals surface area contributed by atoms with E-state index in [2.05, 4.69) is 14.8 Å². The van der Waals surface area contributed by atoms with Gasteiger partial charge in [-0.2, -0.15) is 0 Å². The highest BCUT2D eigenvalue weighted by Crippen LogP contribution is 1.94. The van der Waals surface area contributed by atoms with Gasteiger partial charge in [0.05, 0.1) is 7.11 Å². The van der Waals surface area contributed by atoms with Crippen LogP contribution in [0.1, 0.15) is 6.92 Å². The van der Waals surface area contributed by atoms with Gasteiger partial charge in [-0.25, -0.2) is 4.79 Å². The van der Waals surface area contributed by atoms with Gasteiger partial charge in [-0.15, -0.1) is 0 Å². The number of azide groups is 1. The van der Waals surface area contributed by atoms with Crippen LogP contribution in [-0.2, 0) is 9.53 Å². The Kier molecular flexibility index (Phi) is 3.75. The smallest absolute Gasteiger partial charge is 0.333 e. The normalized spacial score (nSPS) is 10.0. The van der Waals surface area contributed by atoms with E-state index in [0.29, 0.717) is 0 Å². The maximum Gasteiger partial charge on any atom is 0.333 e. The fourth-order valence-corrected chi connectivity index (χ4v) is 0.326. The van der Waals surface area contributed by atoms with Crippen molar-refractivity contribution in [1.29, 1.82) is 0 Å². The average molecular weight is 141 g/mol. The molecule has 0 rings (SSSR count). The van der Waals surface area contributed by atoms with Gasteiger partial charge in [0.25, 0.3) is 0 Å². The fraction of sp³-hybridized carbons (Fsp3) is 0.400. The first kappa shape index (κ1) is 8.52. The minimum absolute atomic E-state index is 0.278. The van der Waals surface area contributed by atoms with E-state index in [-0.39, 0.29) is 5.57 Å². The Bertz CT molecular complexity index is 203. The van der Waals surface area contributed by atoms with Gasteiger partial charge in [0.1, 0.15) is 0 Å². The lowest BCUT2D eigenvalue weighted by molar-refractivity contribution is -0.136. The molecule has 0 spiro atoms. The van der Waals surface area contributed by atoms with Crippen LogP contribution >= 0.6 is 0 Å². The molecule has 0 aliphatic heterocycles. The summed E-state index contributed by atoms with van der Waals surface area (Å²) in [4.78, 5) is 13.0. The van der Waals surface area contributed by atoms with E-state index in [1.165, 1.54) is 14.0 Å². The van der Waals surface area contributed by atoms with Crippen LogP contribution in [-0.4, -0.2) is 13.1 Å². The summed E-state index contributed by atoms with van der Waals surface area (Å²) in [7, 11) is 1.26. The third-order valence-electron chi connectivity index (χ3n) is 0.810. The van der Waals surface area contributed by atoms with Crippen molar-refractivity contribution >= 4 is 5.97 Å². The van der Waals surface area contributed by atoms with Crippen LogP contribution in [0.4, 0.5) is 0 Å². The van der Waals surface area contributed by atoms with Crippen molar-refractivity contribution in [2.24, 2.45) is 5.11 Å². The fourth-order valence-electron chi connectivity index (χ4n) is 0.326. The molecule has 54 valence electrons. The Labute approximate surface area is 57.9 Å². The zero-order chi connectivity index (χ0) is 7.98. The lowest BCUT2D eigenvalue weighted by atomic mass is 10.3. The zero-order valence-electron chi connectivity index (χ0n) is 5.74. The SMILES string of the molecule is COC(=O)/C(C)=C/N=[N+]=[N-]. The largest absolute Gasteiger partial charge is 0.466 e. The summed E-state index contributed by atoms with van der Waals surface area (Å²) < 4.78 is 4.32. The highest BCUT2D eigenvalue weighted by molar-refractivity contribution is 5.87. The molecule has 0 aromatic heterocycles. The first-order chi connectivity index (χ1) is 4.72. The second kappa shape index (κ2) is 4.40. The number of hydrogen-bond donors (Lipinski definition) is 0. The molecule has 0 atom stereocenters. The van der Waals surface area contributed by atoms with Crippen LogP contribution in [0.2, 0.25) is 0 Å². The molecule has 5 nitrogen and oxygen atoms in total. The van der Waals surface area contributed by atoms with E-state index in [0.717, 1.165) is 6.20 Å². The summed E-state index contributed by atoms with van der Waals surface area (Å²) in [6, 6.07) is 0. The molecule has 0 amide bonds. The molecule has 0 heterocycles. The molecule has 0 N–H and O–H groups in total. The van der Waals surface area contributed by atoms with Gasteiger partial charge in [0, 0.05) is 16.7 Å². The Hall–Kier alpha value is -1.48. The number of ether oxygens (including phenoxy) is 1. The van der Waals surface area contributed by atoms with E-state index in [4.69, 9.17) is 5.53 Å². The highest BCUT2D eigenvalue weighted by Gasteiger charge is 1.99. The lowest BCUT2D eigenvalue weighted by Gasteiger charge is -1.93. The van der Waals surface area contributed by atoms with Crippen LogP contribution in [0.15, 0.2) is 16.9 Å². The predicted octanol–water partition coefficient (Wildman–Crippen LogP) is 1.37. The molecule has 5 heteroatoms. The van der Waals surface area contributed by atoms with Crippen molar-refractivity contribution in [3.8, 4) is 0 Å². The topological polar surface area (TPSA) is 75.1 Å². The Morgan fingerprint density at radius 1 is 1.80 bits per heavy atom. The van der Waals surface area contributed by atoms with Gasteiger partial charge in [0.15, 0.2) is 0 Å². The van der Waals surface area contributed by atoms with Crippen LogP contribution in [0.5, 0.6) is 0 Å². The van der Waals surface area contributed by atoms with E-state index in [9.17, 15) is 4.79 Å². The van der Waals surface area contributed by atoms with Gasteiger partial charge in [-0.1, -0.05) is 5.11 Å². The van der Waals surface area contributed by atoms with Crippen LogP contribution in [0.25, 0.3) is 10.4 Å². The number of hydrogen-bond acceptors (Lipinski definition) is 3. The third kappa shape index (κ3) is 2.74. The average Bonchev–Trinajstić information content (AvgIpc) is 1.98. The summed E-state index contributed by atoms with van der Waals surface area (Å²) in [5.41, 5.74) is 8.11. The molecule has 0 aliphatic carbocycles. The zero-order valence-corrected chi connectivity index (χ0v) is 5.74. The van der Waals surface area contributed by atoms with Crippen molar-refractivity contribution in [1.82, 2.24) is 0 Å². The van der Waals surface area contributed by atoms with E-state index in [1.807, 2.05) is 0 Å². The minimum Gasteiger partial charge on any atom is -0.466 e. The second-order valence-corrected chi connectivity index (χ2v) is 1.51. The summed E-state index contributed by atoms with van der Waals surface area (Å²) in [5.74, 6) is -0.493. The highest BCUT2D eigenvalue weighted by atomic mass is 16.5. The number of esters is 1. The number of nitrogens with zero attached hydrogens (tertiary/aromatic N) is 3. The van der Waals surface area contributed by atoms with E-state index < -0.39 is 5.97 Å². The Morgan fingerprint density at radius 2 is 2.40 bits per heavy atom. The first-order valence-electron chi connectivity index (χ1n) is 2.51. The summed E-state index contributed by atoms with van der Waals surface area (Å²) >= 11 is 0. The maximum absolute atomic E-state index is 10.5. The predicted molar refractivity (Wildman–Crippen MR) is 34.9 cm³/mol.